The van der Waals surface area contributed by atoms with E-state index in [1.807, 2.05) is 20.8 Å². The highest BCUT2D eigenvalue weighted by Gasteiger charge is 2.19. The van der Waals surface area contributed by atoms with Crippen LogP contribution in [0, 0.1) is 10.1 Å². The average molecular weight is 294 g/mol. The van der Waals surface area contributed by atoms with Gasteiger partial charge in [-0.05, 0) is 32.4 Å². The van der Waals surface area contributed by atoms with E-state index in [2.05, 4.69) is 16.0 Å². The molecule has 1 aromatic rings. The lowest BCUT2D eigenvalue weighted by Gasteiger charge is -2.12. The van der Waals surface area contributed by atoms with Gasteiger partial charge in [-0.2, -0.15) is 0 Å². The zero-order valence-electron chi connectivity index (χ0n) is 12.6. The van der Waals surface area contributed by atoms with Gasteiger partial charge in [-0.3, -0.25) is 14.9 Å². The summed E-state index contributed by atoms with van der Waals surface area (Å²) in [6, 6.07) is 5.01. The van der Waals surface area contributed by atoms with Gasteiger partial charge in [-0.25, -0.2) is 0 Å². The molecular weight excluding hydrogens is 272 g/mol. The molecule has 3 N–H and O–H groups in total. The number of rotatable bonds is 8. The van der Waals surface area contributed by atoms with Gasteiger partial charge in [0.1, 0.15) is 11.4 Å². The van der Waals surface area contributed by atoms with E-state index < -0.39 is 4.92 Å². The molecule has 0 atom stereocenters. The fraction of sp³-hybridized carbons (Fsp3) is 0.500. The highest BCUT2D eigenvalue weighted by Crippen LogP contribution is 2.32. The summed E-state index contributed by atoms with van der Waals surface area (Å²) in [5, 5.41) is 19.8. The number of carbonyl (C=O) groups excluding carboxylic acids is 1. The number of nitro benzene ring substituents is 1. The summed E-state index contributed by atoms with van der Waals surface area (Å²) in [4.78, 5) is 22.4. The van der Waals surface area contributed by atoms with Crippen molar-refractivity contribution in [3.8, 4) is 0 Å². The maximum Gasteiger partial charge on any atom is 0.315 e. The van der Waals surface area contributed by atoms with E-state index in [-0.39, 0.29) is 24.2 Å². The van der Waals surface area contributed by atoms with Crippen molar-refractivity contribution in [2.75, 3.05) is 23.7 Å². The van der Waals surface area contributed by atoms with Crippen LogP contribution in [0.25, 0.3) is 0 Å². The van der Waals surface area contributed by atoms with E-state index in [0.717, 1.165) is 6.42 Å². The number of anilines is 2. The summed E-state index contributed by atoms with van der Waals surface area (Å²) in [5.74, 6) is -0.203. The predicted octanol–water partition coefficient (Wildman–Crippen LogP) is 2.35. The van der Waals surface area contributed by atoms with Crippen molar-refractivity contribution in [3.05, 3.63) is 28.3 Å². The van der Waals surface area contributed by atoms with Gasteiger partial charge in [0.05, 0.1) is 11.5 Å². The Morgan fingerprint density at radius 1 is 1.29 bits per heavy atom. The van der Waals surface area contributed by atoms with Gasteiger partial charge in [0.15, 0.2) is 0 Å². The second-order valence-corrected chi connectivity index (χ2v) is 4.96. The second kappa shape index (κ2) is 8.08. The molecule has 0 spiro atoms. The standard InChI is InChI=1S/C14H22N4O3/c1-4-8-15-11-6-5-7-12(14(11)18(20)21)16-9-13(19)17-10(2)3/h5-7,10,15-16H,4,8-9H2,1-3H3,(H,17,19). The maximum absolute atomic E-state index is 11.6. The van der Waals surface area contributed by atoms with E-state index in [1.54, 1.807) is 18.2 Å². The topological polar surface area (TPSA) is 96.3 Å². The van der Waals surface area contributed by atoms with E-state index in [4.69, 9.17) is 0 Å². The number of para-hydroxylation sites is 1. The molecule has 0 radical (unpaired) electrons. The molecule has 0 saturated carbocycles. The molecule has 1 aromatic carbocycles. The monoisotopic (exact) mass is 294 g/mol. The number of carbonyl (C=O) groups is 1. The molecule has 1 amide bonds. The SMILES string of the molecule is CCCNc1cccc(NCC(=O)NC(C)C)c1[N+](=O)[O-]. The van der Waals surface area contributed by atoms with Crippen molar-refractivity contribution in [3.63, 3.8) is 0 Å². The molecule has 0 aliphatic heterocycles. The lowest BCUT2D eigenvalue weighted by molar-refractivity contribution is -0.383. The van der Waals surface area contributed by atoms with E-state index in [0.29, 0.717) is 17.9 Å². The number of hydrogen-bond donors (Lipinski definition) is 3. The molecule has 0 aromatic heterocycles. The summed E-state index contributed by atoms with van der Waals surface area (Å²) < 4.78 is 0. The van der Waals surface area contributed by atoms with Crippen LogP contribution in [-0.4, -0.2) is 30.0 Å². The summed E-state index contributed by atoms with van der Waals surface area (Å²) in [5.41, 5.74) is 0.749. The molecule has 0 aliphatic carbocycles. The molecule has 0 bridgehead atoms. The van der Waals surface area contributed by atoms with Crippen LogP contribution in [0.4, 0.5) is 17.1 Å². The van der Waals surface area contributed by atoms with Crippen molar-refractivity contribution < 1.29 is 9.72 Å². The largest absolute Gasteiger partial charge is 0.379 e. The van der Waals surface area contributed by atoms with Crippen LogP contribution < -0.4 is 16.0 Å². The molecule has 1 rings (SSSR count). The Morgan fingerprint density at radius 2 is 1.90 bits per heavy atom. The quantitative estimate of drug-likeness (QED) is 0.505. The molecule has 0 heterocycles. The van der Waals surface area contributed by atoms with Gasteiger partial charge in [0.2, 0.25) is 5.91 Å². The van der Waals surface area contributed by atoms with Gasteiger partial charge >= 0.3 is 5.69 Å². The number of amides is 1. The number of nitro groups is 1. The Kier molecular flexibility index (Phi) is 6.45. The van der Waals surface area contributed by atoms with Crippen LogP contribution in [0.15, 0.2) is 18.2 Å². The minimum absolute atomic E-state index is 0.00372. The Hall–Kier alpha value is -2.31. The molecule has 0 aliphatic rings. The molecular formula is C14H22N4O3. The number of nitrogens with one attached hydrogen (secondary N) is 3. The van der Waals surface area contributed by atoms with Gasteiger partial charge in [-0.1, -0.05) is 13.0 Å². The minimum atomic E-state index is -0.444. The molecule has 7 nitrogen and oxygen atoms in total. The van der Waals surface area contributed by atoms with Crippen molar-refractivity contribution in [1.82, 2.24) is 5.32 Å². The normalized spacial score (nSPS) is 10.3. The van der Waals surface area contributed by atoms with Gasteiger partial charge in [-0.15, -0.1) is 0 Å². The van der Waals surface area contributed by atoms with E-state index in [1.165, 1.54) is 0 Å². The lowest BCUT2D eigenvalue weighted by atomic mass is 10.2. The Morgan fingerprint density at radius 3 is 2.43 bits per heavy atom. The first-order valence-electron chi connectivity index (χ1n) is 7.00. The molecule has 116 valence electrons. The molecule has 0 saturated heterocycles. The first-order chi connectivity index (χ1) is 9.95. The molecule has 0 fully saturated rings. The Labute approximate surface area is 124 Å². The second-order valence-electron chi connectivity index (χ2n) is 4.96. The molecule has 21 heavy (non-hydrogen) atoms. The predicted molar refractivity (Wildman–Crippen MR) is 83.6 cm³/mol. The Bertz CT molecular complexity index is 503. The summed E-state index contributed by atoms with van der Waals surface area (Å²) in [7, 11) is 0. The van der Waals surface area contributed by atoms with Crippen molar-refractivity contribution >= 4 is 23.0 Å². The van der Waals surface area contributed by atoms with Crippen LogP contribution in [0.3, 0.4) is 0 Å². The lowest BCUT2D eigenvalue weighted by Crippen LogP contribution is -2.34. The van der Waals surface area contributed by atoms with Crippen LogP contribution in [0.5, 0.6) is 0 Å². The van der Waals surface area contributed by atoms with Crippen molar-refractivity contribution in [2.45, 2.75) is 33.2 Å². The van der Waals surface area contributed by atoms with Crippen LogP contribution in [0.2, 0.25) is 0 Å². The molecule has 7 heteroatoms. The van der Waals surface area contributed by atoms with Crippen molar-refractivity contribution in [1.29, 1.82) is 0 Å². The zero-order chi connectivity index (χ0) is 15.8. The van der Waals surface area contributed by atoms with Gasteiger partial charge < -0.3 is 16.0 Å². The first-order valence-corrected chi connectivity index (χ1v) is 7.00. The Balaban J connectivity index is 2.85. The van der Waals surface area contributed by atoms with Crippen LogP contribution >= 0.6 is 0 Å². The van der Waals surface area contributed by atoms with Crippen LogP contribution in [0.1, 0.15) is 27.2 Å². The molecule has 0 unspecified atom stereocenters. The summed E-state index contributed by atoms with van der Waals surface area (Å²) in [6.07, 6.45) is 0.867. The zero-order valence-corrected chi connectivity index (χ0v) is 12.6. The highest BCUT2D eigenvalue weighted by atomic mass is 16.6. The summed E-state index contributed by atoms with van der Waals surface area (Å²) >= 11 is 0. The smallest absolute Gasteiger partial charge is 0.315 e. The third-order valence-electron chi connectivity index (χ3n) is 2.67. The maximum atomic E-state index is 11.6. The van der Waals surface area contributed by atoms with E-state index in [9.17, 15) is 14.9 Å². The number of benzene rings is 1. The minimum Gasteiger partial charge on any atom is -0.379 e. The van der Waals surface area contributed by atoms with Gasteiger partial charge in [0.25, 0.3) is 0 Å². The fourth-order valence-electron chi connectivity index (χ4n) is 1.83. The average Bonchev–Trinajstić information content (AvgIpc) is 2.41. The first kappa shape index (κ1) is 16.7. The summed E-state index contributed by atoms with van der Waals surface area (Å²) in [6.45, 7) is 6.34. The van der Waals surface area contributed by atoms with Crippen molar-refractivity contribution in [2.24, 2.45) is 0 Å². The van der Waals surface area contributed by atoms with Crippen LogP contribution in [-0.2, 0) is 4.79 Å². The number of nitrogens with zero attached hydrogens (tertiary/aromatic N) is 1. The van der Waals surface area contributed by atoms with Gasteiger partial charge in [0, 0.05) is 12.6 Å². The van der Waals surface area contributed by atoms with E-state index >= 15 is 0 Å². The fourth-order valence-corrected chi connectivity index (χ4v) is 1.83. The number of hydrogen-bond acceptors (Lipinski definition) is 5. The third kappa shape index (κ3) is 5.29. The highest BCUT2D eigenvalue weighted by molar-refractivity contribution is 5.83. The third-order valence-corrected chi connectivity index (χ3v) is 2.67.